The molecular weight excluding hydrogens is 863 g/mol. The summed E-state index contributed by atoms with van der Waals surface area (Å²) in [4.78, 5) is 35.8. The first kappa shape index (κ1) is 44.5. The van der Waals surface area contributed by atoms with Crippen molar-refractivity contribution in [1.29, 1.82) is 0 Å². The molecule has 2 aliphatic heterocycles. The number of nitro groups is 1. The van der Waals surface area contributed by atoms with Gasteiger partial charge in [0.1, 0.15) is 29.4 Å². The number of carbonyl (C=O) groups excluding carboxylic acids is 1. The minimum absolute atomic E-state index is 0.0774. The Hall–Kier alpha value is -5.06. The number of ether oxygens (including phenoxy) is 2. The van der Waals surface area contributed by atoms with Gasteiger partial charge in [0.05, 0.1) is 27.7 Å². The smallest absolute Gasteiger partial charge is 0.312 e. The zero-order valence-corrected chi connectivity index (χ0v) is 37.8. The van der Waals surface area contributed by atoms with E-state index in [4.69, 9.17) is 21.1 Å². The Bertz CT molecular complexity index is 2610. The zero-order valence-electron chi connectivity index (χ0n) is 35.5. The van der Waals surface area contributed by atoms with Gasteiger partial charge in [0.2, 0.25) is 0 Å². The van der Waals surface area contributed by atoms with E-state index in [2.05, 4.69) is 51.6 Å². The van der Waals surface area contributed by atoms with Gasteiger partial charge in [-0.15, -0.1) is 0 Å². The molecule has 2 aromatic heterocycles. The predicted molar refractivity (Wildman–Crippen MR) is 248 cm³/mol. The van der Waals surface area contributed by atoms with Gasteiger partial charge in [-0.2, -0.15) is 0 Å². The standard InChI is InChI=1S/C47H50ClFN6O6S2/c1-46(2)16-12-35(40(27-46)32-4-7-36(48)8-5-32)29-53-20-14-31(15-21-53)33-6-10-39(43(25-33)61-37-24-34-13-19-50-44(34)51-28-37)45(56)52-62-38-9-11-42(41(26-38)55(57)58)60-30-47(49)17-22-54(23-18-47)63(3)59/h4-11,13-14,19,24-26,28H,12,15-18,20-23,27,29-30H2,1-3H3,(H,50,51)(H,52,56). The third-order valence-electron chi connectivity index (χ3n) is 12.1. The van der Waals surface area contributed by atoms with Crippen LogP contribution in [0.25, 0.3) is 22.2 Å². The summed E-state index contributed by atoms with van der Waals surface area (Å²) in [6.07, 6.45) is 11.5. The fraction of sp³-hybridized carbons (Fsp3) is 0.362. The molecule has 0 bridgehead atoms. The number of piperidine rings is 1. The molecule has 1 unspecified atom stereocenters. The summed E-state index contributed by atoms with van der Waals surface area (Å²) in [6.45, 7) is 7.48. The van der Waals surface area contributed by atoms with Crippen molar-refractivity contribution in [2.45, 2.75) is 62.9 Å². The van der Waals surface area contributed by atoms with E-state index in [0.717, 1.165) is 78.8 Å². The summed E-state index contributed by atoms with van der Waals surface area (Å²) < 4.78 is 43.9. The molecule has 0 spiro atoms. The fourth-order valence-electron chi connectivity index (χ4n) is 8.43. The minimum Gasteiger partial charge on any atom is -0.483 e. The summed E-state index contributed by atoms with van der Waals surface area (Å²) in [7, 11) is -1.20. The molecule has 8 rings (SSSR count). The van der Waals surface area contributed by atoms with Gasteiger partial charge in [0, 0.05) is 66.5 Å². The molecule has 1 amide bonds. The Balaban J connectivity index is 0.976. The van der Waals surface area contributed by atoms with Gasteiger partial charge in [-0.1, -0.05) is 55.3 Å². The van der Waals surface area contributed by atoms with E-state index in [-0.39, 0.29) is 41.9 Å². The topological polar surface area (TPSA) is 143 Å². The highest BCUT2D eigenvalue weighted by atomic mass is 35.5. The van der Waals surface area contributed by atoms with Crippen molar-refractivity contribution in [2.75, 3.05) is 45.6 Å². The highest BCUT2D eigenvalue weighted by molar-refractivity contribution is 7.98. The number of pyridine rings is 1. The highest BCUT2D eigenvalue weighted by Crippen LogP contribution is 2.44. The number of carbonyl (C=O) groups is 1. The van der Waals surface area contributed by atoms with Crippen LogP contribution in [-0.4, -0.2) is 85.5 Å². The van der Waals surface area contributed by atoms with E-state index in [1.54, 1.807) is 35.1 Å². The summed E-state index contributed by atoms with van der Waals surface area (Å²) in [5.74, 6) is 0.242. The lowest BCUT2D eigenvalue weighted by Gasteiger charge is -2.36. The lowest BCUT2D eigenvalue weighted by atomic mass is 9.72. The Kier molecular flexibility index (Phi) is 13.4. The van der Waals surface area contributed by atoms with E-state index < -0.39 is 27.5 Å². The van der Waals surface area contributed by atoms with Gasteiger partial charge in [-0.05, 0) is 127 Å². The Morgan fingerprint density at radius 2 is 1.79 bits per heavy atom. The Labute approximate surface area is 378 Å². The van der Waals surface area contributed by atoms with Crippen molar-refractivity contribution in [1.82, 2.24) is 23.9 Å². The third-order valence-corrected chi connectivity index (χ3v) is 14.3. The van der Waals surface area contributed by atoms with Crippen LogP contribution in [0.4, 0.5) is 10.1 Å². The molecule has 5 aromatic rings. The average molecular weight is 914 g/mol. The monoisotopic (exact) mass is 912 g/mol. The Morgan fingerprint density at radius 1 is 1.02 bits per heavy atom. The third kappa shape index (κ3) is 10.8. The van der Waals surface area contributed by atoms with E-state index >= 15 is 4.39 Å². The molecule has 1 fully saturated rings. The number of aromatic nitrogens is 2. The number of nitro benzene ring substituents is 1. The van der Waals surface area contributed by atoms with Crippen molar-refractivity contribution in [2.24, 2.45) is 5.41 Å². The molecule has 3 aromatic carbocycles. The van der Waals surface area contributed by atoms with Gasteiger partial charge in [0.15, 0.2) is 5.75 Å². The minimum atomic E-state index is -1.70. The number of nitrogens with one attached hydrogen (secondary N) is 2. The first-order valence-corrected chi connectivity index (χ1v) is 23.7. The van der Waals surface area contributed by atoms with Crippen LogP contribution in [0, 0.1) is 15.5 Å². The van der Waals surface area contributed by atoms with Crippen LogP contribution in [0.1, 0.15) is 73.9 Å². The number of amides is 1. The number of hydrogen-bond donors (Lipinski definition) is 2. The number of H-pyrrole nitrogens is 1. The molecule has 1 saturated heterocycles. The van der Waals surface area contributed by atoms with Crippen LogP contribution in [0.5, 0.6) is 17.2 Å². The lowest BCUT2D eigenvalue weighted by Crippen LogP contribution is -2.45. The highest BCUT2D eigenvalue weighted by Gasteiger charge is 2.37. The molecule has 2 N–H and O–H groups in total. The van der Waals surface area contributed by atoms with Crippen LogP contribution in [0.3, 0.4) is 0 Å². The second-order valence-corrected chi connectivity index (χ2v) is 19.9. The van der Waals surface area contributed by atoms with Crippen LogP contribution >= 0.6 is 23.5 Å². The van der Waals surface area contributed by atoms with Crippen molar-refractivity contribution in [3.63, 3.8) is 0 Å². The summed E-state index contributed by atoms with van der Waals surface area (Å²) >= 11 is 7.15. The van der Waals surface area contributed by atoms with Crippen LogP contribution < -0.4 is 14.2 Å². The molecule has 0 saturated carbocycles. The summed E-state index contributed by atoms with van der Waals surface area (Å²) in [5, 5.41) is 13.7. The quantitative estimate of drug-likeness (QED) is 0.0632. The maximum Gasteiger partial charge on any atom is 0.312 e. The lowest BCUT2D eigenvalue weighted by molar-refractivity contribution is -0.386. The van der Waals surface area contributed by atoms with Gasteiger partial charge in [-0.25, -0.2) is 17.9 Å². The number of hydrogen-bond acceptors (Lipinski definition) is 9. The molecule has 0 radical (unpaired) electrons. The number of allylic oxidation sites excluding steroid dienone is 1. The van der Waals surface area contributed by atoms with Crippen molar-refractivity contribution in [3.05, 3.63) is 129 Å². The molecule has 12 nitrogen and oxygen atoms in total. The molecule has 1 atom stereocenters. The van der Waals surface area contributed by atoms with E-state index in [1.165, 1.54) is 28.8 Å². The van der Waals surface area contributed by atoms with E-state index in [9.17, 15) is 19.1 Å². The number of halogens is 2. The van der Waals surface area contributed by atoms with Crippen molar-refractivity contribution >= 4 is 68.3 Å². The molecule has 63 heavy (non-hydrogen) atoms. The van der Waals surface area contributed by atoms with E-state index in [0.29, 0.717) is 35.1 Å². The molecule has 1 aliphatic carbocycles. The summed E-state index contributed by atoms with van der Waals surface area (Å²) in [6, 6.07) is 21.8. The number of rotatable bonds is 14. The largest absolute Gasteiger partial charge is 0.483 e. The number of benzene rings is 3. The van der Waals surface area contributed by atoms with Crippen LogP contribution in [-0.2, 0) is 11.0 Å². The van der Waals surface area contributed by atoms with Crippen LogP contribution in [0.2, 0.25) is 5.02 Å². The van der Waals surface area contributed by atoms with Gasteiger partial charge in [0.25, 0.3) is 5.91 Å². The first-order valence-electron chi connectivity index (χ1n) is 21.0. The van der Waals surface area contributed by atoms with Crippen molar-refractivity contribution in [3.8, 4) is 17.2 Å². The number of nitrogens with zero attached hydrogens (tertiary/aromatic N) is 4. The zero-order chi connectivity index (χ0) is 44.3. The molecule has 3 aliphatic rings. The van der Waals surface area contributed by atoms with Crippen LogP contribution in [0.15, 0.2) is 102 Å². The fourth-order valence-corrected chi connectivity index (χ4v) is 9.88. The number of alkyl halides is 1. The molecular formula is C47H50ClFN6O6S2. The molecule has 16 heteroatoms. The second-order valence-electron chi connectivity index (χ2n) is 17.3. The first-order chi connectivity index (χ1) is 30.2. The maximum absolute atomic E-state index is 15.5. The maximum atomic E-state index is 15.5. The molecule has 4 heterocycles. The van der Waals surface area contributed by atoms with Crippen molar-refractivity contribution < 1.29 is 27.8 Å². The summed E-state index contributed by atoms with van der Waals surface area (Å²) in [5.41, 5.74) is 5.41. The number of aromatic amines is 1. The van der Waals surface area contributed by atoms with Gasteiger partial charge < -0.3 is 14.5 Å². The van der Waals surface area contributed by atoms with Gasteiger partial charge in [-0.3, -0.25) is 24.5 Å². The normalized spacial score (nSPS) is 18.5. The predicted octanol–water partition coefficient (Wildman–Crippen LogP) is 10.6. The van der Waals surface area contributed by atoms with Gasteiger partial charge >= 0.3 is 5.69 Å². The number of fused-ring (bicyclic) bond motifs is 1. The molecule has 330 valence electrons. The average Bonchev–Trinajstić information content (AvgIpc) is 3.74. The Morgan fingerprint density at radius 3 is 2.52 bits per heavy atom. The SMILES string of the molecule is CS(=O)N1CCC(F)(COc2ccc(SNC(=O)c3ccc(C4=CCN(CC5=C(c6ccc(Cl)cc6)CC(C)(C)CC5)CC4)cc3Oc3cnc4[nH]ccc4c3)cc2[N+](=O)[O-])CC1. The van der Waals surface area contributed by atoms with E-state index in [1.807, 2.05) is 36.4 Å². The second kappa shape index (κ2) is 19.0.